The number of ether oxygens (including phenoxy) is 1. The van der Waals surface area contributed by atoms with Crippen molar-refractivity contribution in [3.05, 3.63) is 65.5 Å². The second-order valence-corrected chi connectivity index (χ2v) is 5.06. The van der Waals surface area contributed by atoms with Crippen LogP contribution in [0, 0.1) is 0 Å². The molecule has 0 atom stereocenters. The molecule has 4 nitrogen and oxygen atoms in total. The zero-order valence-corrected chi connectivity index (χ0v) is 12.0. The van der Waals surface area contributed by atoms with Gasteiger partial charge in [-0.1, -0.05) is 30.3 Å². The Labute approximate surface area is 124 Å². The molecule has 108 valence electrons. The zero-order chi connectivity index (χ0) is 14.3. The summed E-state index contributed by atoms with van der Waals surface area (Å²) in [5, 5.41) is 3.33. The van der Waals surface area contributed by atoms with E-state index in [4.69, 9.17) is 4.74 Å². The van der Waals surface area contributed by atoms with Crippen molar-refractivity contribution in [3.63, 3.8) is 0 Å². The standard InChI is InChI=1S/C17H19N3O/c1-3-15(11-18-8-1)13-21-12-14-4-6-16(7-5-14)17-19-9-2-10-20-17/h1,3-8,11H,2,9-10,12-13H2,(H,19,20). The van der Waals surface area contributed by atoms with Crippen molar-refractivity contribution in [2.75, 3.05) is 13.1 Å². The fraction of sp³-hybridized carbons (Fsp3) is 0.294. The smallest absolute Gasteiger partial charge is 0.128 e. The highest BCUT2D eigenvalue weighted by molar-refractivity contribution is 5.99. The Morgan fingerprint density at radius 3 is 2.62 bits per heavy atom. The Hall–Kier alpha value is -2.20. The number of aromatic nitrogens is 1. The van der Waals surface area contributed by atoms with Gasteiger partial charge < -0.3 is 10.1 Å². The van der Waals surface area contributed by atoms with E-state index < -0.39 is 0 Å². The Morgan fingerprint density at radius 1 is 1.05 bits per heavy atom. The van der Waals surface area contributed by atoms with E-state index in [1.54, 1.807) is 6.20 Å². The number of rotatable bonds is 5. The fourth-order valence-corrected chi connectivity index (χ4v) is 2.26. The third kappa shape index (κ3) is 3.89. The third-order valence-electron chi connectivity index (χ3n) is 3.38. The van der Waals surface area contributed by atoms with Gasteiger partial charge in [0.2, 0.25) is 0 Å². The molecule has 0 amide bonds. The third-order valence-corrected chi connectivity index (χ3v) is 3.38. The number of nitrogens with one attached hydrogen (secondary N) is 1. The minimum atomic E-state index is 0.587. The van der Waals surface area contributed by atoms with E-state index in [0.29, 0.717) is 13.2 Å². The summed E-state index contributed by atoms with van der Waals surface area (Å²) in [4.78, 5) is 8.57. The van der Waals surface area contributed by atoms with E-state index in [1.807, 2.05) is 18.3 Å². The Balaban J connectivity index is 1.54. The number of amidine groups is 1. The quantitative estimate of drug-likeness (QED) is 0.916. The summed E-state index contributed by atoms with van der Waals surface area (Å²) in [7, 11) is 0. The number of pyridine rings is 1. The average molecular weight is 281 g/mol. The molecule has 0 unspecified atom stereocenters. The lowest BCUT2D eigenvalue weighted by atomic mass is 10.1. The van der Waals surface area contributed by atoms with E-state index in [2.05, 4.69) is 39.6 Å². The van der Waals surface area contributed by atoms with Gasteiger partial charge in [-0.15, -0.1) is 0 Å². The first-order valence-corrected chi connectivity index (χ1v) is 7.26. The Morgan fingerprint density at radius 2 is 1.90 bits per heavy atom. The second-order valence-electron chi connectivity index (χ2n) is 5.06. The van der Waals surface area contributed by atoms with Crippen molar-refractivity contribution in [2.45, 2.75) is 19.6 Å². The minimum Gasteiger partial charge on any atom is -0.372 e. The van der Waals surface area contributed by atoms with Crippen LogP contribution in [0.2, 0.25) is 0 Å². The highest BCUT2D eigenvalue weighted by Gasteiger charge is 2.06. The molecule has 0 saturated carbocycles. The molecule has 3 rings (SSSR count). The minimum absolute atomic E-state index is 0.587. The van der Waals surface area contributed by atoms with E-state index in [1.165, 1.54) is 5.56 Å². The van der Waals surface area contributed by atoms with Gasteiger partial charge in [0, 0.05) is 31.0 Å². The summed E-state index contributed by atoms with van der Waals surface area (Å²) in [6.45, 7) is 3.12. The van der Waals surface area contributed by atoms with Crippen LogP contribution in [-0.2, 0) is 18.0 Å². The van der Waals surface area contributed by atoms with Crippen LogP contribution in [0.25, 0.3) is 0 Å². The van der Waals surface area contributed by atoms with Gasteiger partial charge >= 0.3 is 0 Å². The van der Waals surface area contributed by atoms with Gasteiger partial charge in [0.05, 0.1) is 13.2 Å². The molecule has 1 aromatic heterocycles. The molecular formula is C17H19N3O. The summed E-state index contributed by atoms with van der Waals surface area (Å²) in [6, 6.07) is 12.3. The normalized spacial score (nSPS) is 14.4. The first-order valence-electron chi connectivity index (χ1n) is 7.26. The molecular weight excluding hydrogens is 262 g/mol. The van der Waals surface area contributed by atoms with Crippen LogP contribution in [0.3, 0.4) is 0 Å². The molecule has 1 aliphatic rings. The molecule has 1 N–H and O–H groups in total. The molecule has 2 aromatic rings. The van der Waals surface area contributed by atoms with Gasteiger partial charge in [0.1, 0.15) is 5.84 Å². The highest BCUT2D eigenvalue weighted by atomic mass is 16.5. The van der Waals surface area contributed by atoms with Crippen LogP contribution >= 0.6 is 0 Å². The lowest BCUT2D eigenvalue weighted by Gasteiger charge is -2.14. The molecule has 0 bridgehead atoms. The summed E-state index contributed by atoms with van der Waals surface area (Å²) >= 11 is 0. The van der Waals surface area contributed by atoms with E-state index in [-0.39, 0.29) is 0 Å². The maximum atomic E-state index is 5.71. The Bertz CT molecular complexity index is 593. The average Bonchev–Trinajstić information content (AvgIpc) is 2.57. The molecule has 1 aromatic carbocycles. The SMILES string of the molecule is c1cncc(COCc2ccc(C3=NCCCN3)cc2)c1. The van der Waals surface area contributed by atoms with Crippen LogP contribution in [0.5, 0.6) is 0 Å². The predicted octanol–water partition coefficient (Wildman–Crippen LogP) is 2.54. The number of hydrogen-bond acceptors (Lipinski definition) is 4. The van der Waals surface area contributed by atoms with Gasteiger partial charge in [-0.25, -0.2) is 0 Å². The summed E-state index contributed by atoms with van der Waals surface area (Å²) in [5.41, 5.74) is 3.40. The first kappa shape index (κ1) is 13.8. The largest absolute Gasteiger partial charge is 0.372 e. The molecule has 0 radical (unpaired) electrons. The lowest BCUT2D eigenvalue weighted by Crippen LogP contribution is -2.30. The molecule has 1 aliphatic heterocycles. The van der Waals surface area contributed by atoms with Gasteiger partial charge in [0.15, 0.2) is 0 Å². The van der Waals surface area contributed by atoms with E-state index in [0.717, 1.165) is 36.5 Å². The monoisotopic (exact) mass is 281 g/mol. The fourth-order valence-electron chi connectivity index (χ4n) is 2.26. The van der Waals surface area contributed by atoms with Gasteiger partial charge in [-0.3, -0.25) is 9.98 Å². The van der Waals surface area contributed by atoms with Crippen molar-refractivity contribution in [1.82, 2.24) is 10.3 Å². The number of hydrogen-bond donors (Lipinski definition) is 1. The molecule has 0 spiro atoms. The highest BCUT2D eigenvalue weighted by Crippen LogP contribution is 2.09. The number of aliphatic imine (C=N–C) groups is 1. The lowest BCUT2D eigenvalue weighted by molar-refractivity contribution is 0.107. The van der Waals surface area contributed by atoms with Crippen LogP contribution in [0.4, 0.5) is 0 Å². The number of nitrogens with zero attached hydrogens (tertiary/aromatic N) is 2. The zero-order valence-electron chi connectivity index (χ0n) is 12.0. The van der Waals surface area contributed by atoms with E-state index in [9.17, 15) is 0 Å². The van der Waals surface area contributed by atoms with Gasteiger partial charge in [0.25, 0.3) is 0 Å². The molecule has 2 heterocycles. The summed E-state index contributed by atoms with van der Waals surface area (Å²) in [5.74, 6) is 1.00. The van der Waals surface area contributed by atoms with Crippen LogP contribution in [0.15, 0.2) is 53.8 Å². The van der Waals surface area contributed by atoms with Crippen LogP contribution < -0.4 is 5.32 Å². The first-order chi connectivity index (χ1) is 10.4. The van der Waals surface area contributed by atoms with E-state index >= 15 is 0 Å². The van der Waals surface area contributed by atoms with Gasteiger partial charge in [-0.05, 0) is 23.6 Å². The molecule has 0 aliphatic carbocycles. The molecule has 4 heteroatoms. The Kier molecular flexibility index (Phi) is 4.59. The van der Waals surface area contributed by atoms with Crippen molar-refractivity contribution in [1.29, 1.82) is 0 Å². The maximum Gasteiger partial charge on any atom is 0.128 e. The summed E-state index contributed by atoms with van der Waals surface area (Å²) in [6.07, 6.45) is 4.71. The molecule has 21 heavy (non-hydrogen) atoms. The molecule has 0 saturated heterocycles. The van der Waals surface area contributed by atoms with Crippen molar-refractivity contribution in [2.24, 2.45) is 4.99 Å². The van der Waals surface area contributed by atoms with Crippen LogP contribution in [0.1, 0.15) is 23.1 Å². The predicted molar refractivity (Wildman–Crippen MR) is 83.2 cm³/mol. The summed E-state index contributed by atoms with van der Waals surface area (Å²) < 4.78 is 5.71. The van der Waals surface area contributed by atoms with Crippen molar-refractivity contribution < 1.29 is 4.74 Å². The van der Waals surface area contributed by atoms with Crippen LogP contribution in [-0.4, -0.2) is 23.9 Å². The maximum absolute atomic E-state index is 5.71. The number of benzene rings is 1. The molecule has 0 fully saturated rings. The second kappa shape index (κ2) is 6.99. The van der Waals surface area contributed by atoms with Gasteiger partial charge in [-0.2, -0.15) is 0 Å². The van der Waals surface area contributed by atoms with Crippen molar-refractivity contribution in [3.8, 4) is 0 Å². The van der Waals surface area contributed by atoms with Crippen molar-refractivity contribution >= 4 is 5.84 Å². The topological polar surface area (TPSA) is 46.5 Å².